The van der Waals surface area contributed by atoms with Gasteiger partial charge in [-0.25, -0.2) is 4.79 Å². The molecule has 0 aliphatic carbocycles. The first-order valence-electron chi connectivity index (χ1n) is 7.92. The molecule has 1 saturated heterocycles. The van der Waals surface area contributed by atoms with Crippen molar-refractivity contribution in [1.82, 2.24) is 5.32 Å². The minimum Gasteiger partial charge on any atom is -0.496 e. The molecule has 7 heteroatoms. The lowest BCUT2D eigenvalue weighted by molar-refractivity contribution is -0.133. The summed E-state index contributed by atoms with van der Waals surface area (Å²) in [5.74, 6) is -1.04. The van der Waals surface area contributed by atoms with Crippen LogP contribution in [-0.2, 0) is 20.8 Å². The molecule has 0 radical (unpaired) electrons. The van der Waals surface area contributed by atoms with Gasteiger partial charge in [-0.2, -0.15) is 0 Å². The van der Waals surface area contributed by atoms with E-state index in [0.717, 1.165) is 19.4 Å². The van der Waals surface area contributed by atoms with E-state index in [-0.39, 0.29) is 29.9 Å². The number of ether oxygens (including phenoxy) is 3. The van der Waals surface area contributed by atoms with E-state index in [1.807, 2.05) is 0 Å². The fourth-order valence-electron chi connectivity index (χ4n) is 2.47. The summed E-state index contributed by atoms with van der Waals surface area (Å²) >= 11 is 0. The number of aromatic carboxylic acids is 1. The summed E-state index contributed by atoms with van der Waals surface area (Å²) in [6.07, 6.45) is 1.46. The van der Waals surface area contributed by atoms with Crippen molar-refractivity contribution < 1.29 is 28.9 Å². The van der Waals surface area contributed by atoms with Gasteiger partial charge in [0.2, 0.25) is 5.91 Å². The monoisotopic (exact) mass is 337 g/mol. The molecule has 0 bridgehead atoms. The Labute approximate surface area is 140 Å². The van der Waals surface area contributed by atoms with Crippen LogP contribution in [0.4, 0.5) is 0 Å². The predicted molar refractivity (Wildman–Crippen MR) is 86.2 cm³/mol. The topological polar surface area (TPSA) is 94.1 Å². The van der Waals surface area contributed by atoms with Crippen molar-refractivity contribution >= 4 is 11.9 Å². The van der Waals surface area contributed by atoms with E-state index in [1.54, 1.807) is 19.1 Å². The molecular formula is C17H23NO6. The summed E-state index contributed by atoms with van der Waals surface area (Å²) in [5.41, 5.74) is 0.736. The third kappa shape index (κ3) is 4.94. The van der Waals surface area contributed by atoms with Crippen molar-refractivity contribution in [3.8, 4) is 5.75 Å². The van der Waals surface area contributed by atoms with Gasteiger partial charge in [-0.15, -0.1) is 0 Å². The van der Waals surface area contributed by atoms with Crippen molar-refractivity contribution in [2.45, 2.75) is 38.5 Å². The maximum atomic E-state index is 12.0. The molecule has 0 saturated carbocycles. The summed E-state index contributed by atoms with van der Waals surface area (Å²) < 4.78 is 16.0. The largest absolute Gasteiger partial charge is 0.496 e. The number of nitrogens with one attached hydrogen (secondary N) is 1. The van der Waals surface area contributed by atoms with Crippen LogP contribution in [0.3, 0.4) is 0 Å². The van der Waals surface area contributed by atoms with E-state index in [1.165, 1.54) is 13.2 Å². The number of amides is 1. The van der Waals surface area contributed by atoms with E-state index in [9.17, 15) is 9.59 Å². The molecule has 1 heterocycles. The molecule has 0 unspecified atom stereocenters. The summed E-state index contributed by atoms with van der Waals surface area (Å²) in [4.78, 5) is 23.2. The molecule has 1 fully saturated rings. The van der Waals surface area contributed by atoms with E-state index in [4.69, 9.17) is 19.3 Å². The number of benzene rings is 1. The first-order chi connectivity index (χ1) is 11.5. The van der Waals surface area contributed by atoms with Gasteiger partial charge in [0.15, 0.2) is 0 Å². The van der Waals surface area contributed by atoms with Crippen LogP contribution >= 0.6 is 0 Å². The Morgan fingerprint density at radius 2 is 2.25 bits per heavy atom. The lowest BCUT2D eigenvalue weighted by atomic mass is 10.1. The maximum Gasteiger partial charge on any atom is 0.339 e. The normalized spacial score (nSPS) is 18.2. The highest BCUT2D eigenvalue weighted by atomic mass is 16.5. The first-order valence-corrected chi connectivity index (χ1v) is 7.92. The van der Waals surface area contributed by atoms with Crippen LogP contribution < -0.4 is 10.1 Å². The molecule has 1 aliphatic heterocycles. The van der Waals surface area contributed by atoms with Crippen molar-refractivity contribution in [3.05, 3.63) is 29.3 Å². The third-order valence-electron chi connectivity index (χ3n) is 3.89. The van der Waals surface area contributed by atoms with Crippen LogP contribution in [-0.4, -0.2) is 49.5 Å². The second kappa shape index (κ2) is 8.65. The van der Waals surface area contributed by atoms with Crippen molar-refractivity contribution in [2.75, 3.05) is 20.3 Å². The number of rotatable bonds is 8. The van der Waals surface area contributed by atoms with Crippen molar-refractivity contribution in [1.29, 1.82) is 0 Å². The number of carbonyl (C=O) groups excluding carboxylic acids is 1. The number of hydrogen-bond donors (Lipinski definition) is 2. The van der Waals surface area contributed by atoms with Crippen LogP contribution in [0.2, 0.25) is 0 Å². The number of carbonyl (C=O) groups is 2. The highest BCUT2D eigenvalue weighted by molar-refractivity contribution is 5.91. The van der Waals surface area contributed by atoms with Crippen molar-refractivity contribution in [2.24, 2.45) is 0 Å². The highest BCUT2D eigenvalue weighted by Crippen LogP contribution is 2.20. The van der Waals surface area contributed by atoms with E-state index >= 15 is 0 Å². The number of methoxy groups -OCH3 is 1. The minimum atomic E-state index is -1.08. The smallest absolute Gasteiger partial charge is 0.339 e. The molecule has 1 aromatic rings. The molecule has 2 atom stereocenters. The molecule has 0 aromatic heterocycles. The van der Waals surface area contributed by atoms with Crippen LogP contribution in [0.1, 0.15) is 35.7 Å². The van der Waals surface area contributed by atoms with E-state index < -0.39 is 12.1 Å². The van der Waals surface area contributed by atoms with Gasteiger partial charge < -0.3 is 24.6 Å². The van der Waals surface area contributed by atoms with Gasteiger partial charge >= 0.3 is 5.97 Å². The number of carboxylic acid groups (broad SMARTS) is 1. The second-order valence-corrected chi connectivity index (χ2v) is 5.67. The molecule has 1 aliphatic rings. The fraction of sp³-hybridized carbons (Fsp3) is 0.529. The Bertz CT molecular complexity index is 582. The standard InChI is InChI=1S/C17H23NO6/c1-11(24-10-13-4-3-7-23-13)16(19)18-9-12-5-6-15(22-2)14(8-12)17(20)21/h5-6,8,11,13H,3-4,7,9-10H2,1-2H3,(H,18,19)(H,20,21)/t11-,13-/m1/s1. The number of carboxylic acids is 1. The quantitative estimate of drug-likeness (QED) is 0.748. The van der Waals surface area contributed by atoms with Crippen molar-refractivity contribution in [3.63, 3.8) is 0 Å². The number of hydrogen-bond acceptors (Lipinski definition) is 5. The Morgan fingerprint density at radius 1 is 1.46 bits per heavy atom. The van der Waals surface area contributed by atoms with Gasteiger partial charge in [-0.3, -0.25) is 4.79 Å². The Balaban J connectivity index is 1.84. The minimum absolute atomic E-state index is 0.0620. The highest BCUT2D eigenvalue weighted by Gasteiger charge is 2.20. The molecule has 2 rings (SSSR count). The van der Waals surface area contributed by atoms with E-state index in [0.29, 0.717) is 12.2 Å². The molecule has 2 N–H and O–H groups in total. The van der Waals surface area contributed by atoms with Gasteiger partial charge in [0.25, 0.3) is 0 Å². The Hall–Kier alpha value is -2.12. The molecule has 132 valence electrons. The SMILES string of the molecule is COc1ccc(CNC(=O)[C@@H](C)OC[C@H]2CCCO2)cc1C(=O)O. The van der Waals surface area contributed by atoms with E-state index in [2.05, 4.69) is 5.32 Å². The third-order valence-corrected chi connectivity index (χ3v) is 3.89. The average Bonchev–Trinajstić information content (AvgIpc) is 3.10. The van der Waals surface area contributed by atoms with Gasteiger partial charge in [-0.05, 0) is 37.5 Å². The molecule has 0 spiro atoms. The first kappa shape index (κ1) is 18.2. The maximum absolute atomic E-state index is 12.0. The summed E-state index contributed by atoms with van der Waals surface area (Å²) in [7, 11) is 1.41. The van der Waals surface area contributed by atoms with Gasteiger partial charge in [0.05, 0.1) is 19.8 Å². The molecule has 7 nitrogen and oxygen atoms in total. The Morgan fingerprint density at radius 3 is 2.88 bits per heavy atom. The van der Waals surface area contributed by atoms with Crippen LogP contribution in [0, 0.1) is 0 Å². The van der Waals surface area contributed by atoms with Crippen LogP contribution in [0.5, 0.6) is 5.75 Å². The van der Waals surface area contributed by atoms with Gasteiger partial charge in [-0.1, -0.05) is 6.07 Å². The predicted octanol–water partition coefficient (Wildman–Crippen LogP) is 1.59. The molecular weight excluding hydrogens is 314 g/mol. The Kier molecular flexibility index (Phi) is 6.57. The fourth-order valence-corrected chi connectivity index (χ4v) is 2.47. The molecule has 24 heavy (non-hydrogen) atoms. The second-order valence-electron chi connectivity index (χ2n) is 5.67. The average molecular weight is 337 g/mol. The summed E-state index contributed by atoms with van der Waals surface area (Å²) in [6, 6.07) is 4.77. The molecule has 1 aromatic carbocycles. The zero-order valence-electron chi connectivity index (χ0n) is 13.9. The van der Waals surface area contributed by atoms with Gasteiger partial charge in [0, 0.05) is 13.2 Å². The lowest BCUT2D eigenvalue weighted by Gasteiger charge is -2.16. The van der Waals surface area contributed by atoms with Crippen LogP contribution in [0.25, 0.3) is 0 Å². The van der Waals surface area contributed by atoms with Crippen LogP contribution in [0.15, 0.2) is 18.2 Å². The van der Waals surface area contributed by atoms with Gasteiger partial charge in [0.1, 0.15) is 17.4 Å². The molecule has 1 amide bonds. The summed E-state index contributed by atoms with van der Waals surface area (Å²) in [5, 5.41) is 11.9. The lowest BCUT2D eigenvalue weighted by Crippen LogP contribution is -2.35. The summed E-state index contributed by atoms with van der Waals surface area (Å²) in [6.45, 7) is 3.05. The zero-order chi connectivity index (χ0) is 17.5. The zero-order valence-corrected chi connectivity index (χ0v) is 13.9.